The van der Waals surface area contributed by atoms with Gasteiger partial charge in [0.15, 0.2) is 0 Å². The second-order valence-electron chi connectivity index (χ2n) is 4.60. The quantitative estimate of drug-likeness (QED) is 0.789. The zero-order valence-electron chi connectivity index (χ0n) is 10.8. The van der Waals surface area contributed by atoms with Crippen LogP contribution in [-0.4, -0.2) is 30.0 Å². The van der Waals surface area contributed by atoms with Crippen molar-refractivity contribution in [3.63, 3.8) is 0 Å². The van der Waals surface area contributed by atoms with Crippen LogP contribution in [0.2, 0.25) is 0 Å². The Balaban J connectivity index is 1.95. The van der Waals surface area contributed by atoms with Crippen molar-refractivity contribution in [3.8, 4) is 12.3 Å². The predicted molar refractivity (Wildman–Crippen MR) is 75.7 cm³/mol. The molecule has 1 fully saturated rings. The Morgan fingerprint density at radius 3 is 2.84 bits per heavy atom. The summed E-state index contributed by atoms with van der Waals surface area (Å²) in [7, 11) is 0. The lowest BCUT2D eigenvalue weighted by atomic mass is 10.2. The molecule has 1 unspecified atom stereocenters. The number of hydrogen-bond acceptors (Lipinski definition) is 4. The zero-order chi connectivity index (χ0) is 13.7. The van der Waals surface area contributed by atoms with Crippen LogP contribution in [0.1, 0.15) is 19.3 Å². The molecule has 100 valence electrons. The predicted octanol–water partition coefficient (Wildman–Crippen LogP) is 0.971. The highest BCUT2D eigenvalue weighted by Crippen LogP contribution is 2.19. The van der Waals surface area contributed by atoms with E-state index in [2.05, 4.69) is 21.1 Å². The van der Waals surface area contributed by atoms with Gasteiger partial charge in [-0.2, -0.15) is 0 Å². The summed E-state index contributed by atoms with van der Waals surface area (Å²) >= 11 is 0. The van der Waals surface area contributed by atoms with Crippen molar-refractivity contribution in [1.29, 1.82) is 0 Å². The zero-order valence-corrected chi connectivity index (χ0v) is 10.8. The SMILES string of the molecule is C#CCC(N)C(=O)Nc1ccc(N2CCCC2)nc1. The molecule has 1 amide bonds. The van der Waals surface area contributed by atoms with Crippen LogP contribution in [0.25, 0.3) is 0 Å². The van der Waals surface area contributed by atoms with Gasteiger partial charge in [0.1, 0.15) is 5.82 Å². The second kappa shape index (κ2) is 6.21. The number of amides is 1. The van der Waals surface area contributed by atoms with Gasteiger partial charge in [-0.3, -0.25) is 4.79 Å². The van der Waals surface area contributed by atoms with E-state index in [1.807, 2.05) is 12.1 Å². The first-order valence-electron chi connectivity index (χ1n) is 6.41. The smallest absolute Gasteiger partial charge is 0.242 e. The number of nitrogens with zero attached hydrogens (tertiary/aromatic N) is 2. The molecular formula is C14H18N4O. The lowest BCUT2D eigenvalue weighted by molar-refractivity contribution is -0.117. The number of hydrogen-bond donors (Lipinski definition) is 2. The third-order valence-corrected chi connectivity index (χ3v) is 3.12. The molecule has 5 heteroatoms. The van der Waals surface area contributed by atoms with E-state index in [4.69, 9.17) is 12.2 Å². The number of anilines is 2. The fourth-order valence-electron chi connectivity index (χ4n) is 2.05. The summed E-state index contributed by atoms with van der Waals surface area (Å²) in [5.41, 5.74) is 6.26. The number of nitrogens with two attached hydrogens (primary N) is 1. The molecule has 0 saturated carbocycles. The molecule has 1 aromatic heterocycles. The molecule has 19 heavy (non-hydrogen) atoms. The van der Waals surface area contributed by atoms with Gasteiger partial charge in [0, 0.05) is 19.5 Å². The topological polar surface area (TPSA) is 71.2 Å². The summed E-state index contributed by atoms with van der Waals surface area (Å²) in [6.45, 7) is 2.09. The maximum atomic E-state index is 11.7. The third-order valence-electron chi connectivity index (χ3n) is 3.12. The monoisotopic (exact) mass is 258 g/mol. The van der Waals surface area contributed by atoms with Gasteiger partial charge in [0.2, 0.25) is 5.91 Å². The van der Waals surface area contributed by atoms with E-state index in [0.29, 0.717) is 5.69 Å². The number of nitrogens with one attached hydrogen (secondary N) is 1. The van der Waals surface area contributed by atoms with Crippen molar-refractivity contribution in [2.75, 3.05) is 23.3 Å². The summed E-state index contributed by atoms with van der Waals surface area (Å²) in [5, 5.41) is 2.70. The van der Waals surface area contributed by atoms with E-state index in [1.165, 1.54) is 12.8 Å². The molecule has 0 spiro atoms. The van der Waals surface area contributed by atoms with Gasteiger partial charge >= 0.3 is 0 Å². The van der Waals surface area contributed by atoms with Crippen LogP contribution < -0.4 is 16.0 Å². The van der Waals surface area contributed by atoms with Crippen molar-refractivity contribution in [2.45, 2.75) is 25.3 Å². The second-order valence-corrected chi connectivity index (χ2v) is 4.60. The molecule has 0 aromatic carbocycles. The summed E-state index contributed by atoms with van der Waals surface area (Å²) < 4.78 is 0. The van der Waals surface area contributed by atoms with Gasteiger partial charge in [-0.15, -0.1) is 12.3 Å². The standard InChI is InChI=1S/C14H18N4O/c1-2-5-12(15)14(19)17-11-6-7-13(16-10-11)18-8-3-4-9-18/h1,6-7,10,12H,3-5,8-9,15H2,(H,17,19). The number of aromatic nitrogens is 1. The Bertz CT molecular complexity index is 471. The molecule has 0 bridgehead atoms. The lowest BCUT2D eigenvalue weighted by Gasteiger charge is -2.16. The number of rotatable bonds is 4. The average Bonchev–Trinajstić information content (AvgIpc) is 2.94. The molecule has 0 radical (unpaired) electrons. The van der Waals surface area contributed by atoms with Gasteiger partial charge in [-0.25, -0.2) is 4.98 Å². The minimum atomic E-state index is -0.678. The van der Waals surface area contributed by atoms with Gasteiger partial charge in [-0.1, -0.05) is 0 Å². The van der Waals surface area contributed by atoms with Crippen molar-refractivity contribution in [3.05, 3.63) is 18.3 Å². The minimum Gasteiger partial charge on any atom is -0.357 e. The molecule has 2 rings (SSSR count). The maximum absolute atomic E-state index is 11.7. The van der Waals surface area contributed by atoms with E-state index in [1.54, 1.807) is 6.20 Å². The normalized spacial score (nSPS) is 15.9. The Morgan fingerprint density at radius 2 is 2.26 bits per heavy atom. The Kier molecular flexibility index (Phi) is 4.37. The maximum Gasteiger partial charge on any atom is 0.242 e. The Labute approximate surface area is 113 Å². The largest absolute Gasteiger partial charge is 0.357 e. The molecule has 5 nitrogen and oxygen atoms in total. The molecular weight excluding hydrogens is 240 g/mol. The van der Waals surface area contributed by atoms with Crippen LogP contribution in [0, 0.1) is 12.3 Å². The fraction of sp³-hybridized carbons (Fsp3) is 0.429. The number of pyridine rings is 1. The summed E-state index contributed by atoms with van der Waals surface area (Å²) in [4.78, 5) is 18.3. The summed E-state index contributed by atoms with van der Waals surface area (Å²) in [6, 6.07) is 3.07. The molecule has 3 N–H and O–H groups in total. The number of terminal acetylenes is 1. The molecule has 1 aliphatic rings. The van der Waals surface area contributed by atoms with Gasteiger partial charge in [-0.05, 0) is 25.0 Å². The van der Waals surface area contributed by atoms with Gasteiger partial charge < -0.3 is 16.0 Å². The Hall–Kier alpha value is -2.06. The van der Waals surface area contributed by atoms with E-state index < -0.39 is 6.04 Å². The van der Waals surface area contributed by atoms with Crippen LogP contribution >= 0.6 is 0 Å². The van der Waals surface area contributed by atoms with Gasteiger partial charge in [0.05, 0.1) is 17.9 Å². The molecule has 2 heterocycles. The first kappa shape index (κ1) is 13.4. The van der Waals surface area contributed by atoms with E-state index in [-0.39, 0.29) is 12.3 Å². The van der Waals surface area contributed by atoms with Crippen LogP contribution in [-0.2, 0) is 4.79 Å². The Morgan fingerprint density at radius 1 is 1.53 bits per heavy atom. The van der Waals surface area contributed by atoms with Crippen LogP contribution in [0.15, 0.2) is 18.3 Å². The van der Waals surface area contributed by atoms with Crippen LogP contribution in [0.5, 0.6) is 0 Å². The highest BCUT2D eigenvalue weighted by atomic mass is 16.2. The summed E-state index contributed by atoms with van der Waals surface area (Å²) in [6.07, 6.45) is 9.42. The van der Waals surface area contributed by atoms with Crippen molar-refractivity contribution in [1.82, 2.24) is 4.98 Å². The molecule has 0 aliphatic carbocycles. The lowest BCUT2D eigenvalue weighted by Crippen LogP contribution is -2.35. The first-order valence-corrected chi connectivity index (χ1v) is 6.41. The molecule has 1 aromatic rings. The number of carbonyl (C=O) groups excluding carboxylic acids is 1. The minimum absolute atomic E-state index is 0.227. The third kappa shape index (κ3) is 3.46. The molecule has 1 atom stereocenters. The number of carbonyl (C=O) groups is 1. The summed E-state index contributed by atoms with van der Waals surface area (Å²) in [5.74, 6) is 3.04. The van der Waals surface area contributed by atoms with Crippen LogP contribution in [0.3, 0.4) is 0 Å². The fourth-order valence-corrected chi connectivity index (χ4v) is 2.05. The van der Waals surface area contributed by atoms with E-state index >= 15 is 0 Å². The van der Waals surface area contributed by atoms with E-state index in [0.717, 1.165) is 18.9 Å². The highest BCUT2D eigenvalue weighted by molar-refractivity contribution is 5.94. The van der Waals surface area contributed by atoms with Crippen molar-refractivity contribution in [2.24, 2.45) is 5.73 Å². The molecule has 1 saturated heterocycles. The van der Waals surface area contributed by atoms with Gasteiger partial charge in [0.25, 0.3) is 0 Å². The molecule has 1 aliphatic heterocycles. The average molecular weight is 258 g/mol. The van der Waals surface area contributed by atoms with Crippen molar-refractivity contribution >= 4 is 17.4 Å². The first-order chi connectivity index (χ1) is 9.20. The highest BCUT2D eigenvalue weighted by Gasteiger charge is 2.14. The van der Waals surface area contributed by atoms with Crippen molar-refractivity contribution < 1.29 is 4.79 Å². The van der Waals surface area contributed by atoms with E-state index in [9.17, 15) is 4.79 Å². The van der Waals surface area contributed by atoms with Crippen LogP contribution in [0.4, 0.5) is 11.5 Å².